The van der Waals surface area contributed by atoms with Crippen molar-refractivity contribution in [3.8, 4) is 0 Å². The van der Waals surface area contributed by atoms with E-state index >= 15 is 0 Å². The van der Waals surface area contributed by atoms with E-state index in [0.717, 1.165) is 18.4 Å². The first-order valence-electron chi connectivity index (χ1n) is 5.87. The molecule has 1 fully saturated rings. The molecular formula is C13H18Br2N2. The van der Waals surface area contributed by atoms with Gasteiger partial charge in [-0.3, -0.25) is 0 Å². The molecule has 0 radical (unpaired) electrons. The number of hydrogen-bond acceptors (Lipinski definition) is 2. The normalized spacial score (nSPS) is 20.3. The van der Waals surface area contributed by atoms with Crippen LogP contribution in [-0.4, -0.2) is 38.1 Å². The Labute approximate surface area is 120 Å². The summed E-state index contributed by atoms with van der Waals surface area (Å²) < 4.78 is 1.20. The van der Waals surface area contributed by atoms with Crippen LogP contribution < -0.4 is 4.90 Å². The van der Waals surface area contributed by atoms with Crippen molar-refractivity contribution in [1.82, 2.24) is 4.90 Å². The summed E-state index contributed by atoms with van der Waals surface area (Å²) in [6, 6.07) is 7.29. The molecule has 0 amide bonds. The largest absolute Gasteiger partial charge is 0.369 e. The van der Waals surface area contributed by atoms with E-state index in [9.17, 15) is 0 Å². The molecule has 2 rings (SSSR count). The fraction of sp³-hybridized carbons (Fsp3) is 0.538. The quantitative estimate of drug-likeness (QED) is 0.760. The zero-order valence-corrected chi connectivity index (χ0v) is 13.5. The van der Waals surface area contributed by atoms with E-state index in [1.54, 1.807) is 0 Å². The zero-order chi connectivity index (χ0) is 12.4. The van der Waals surface area contributed by atoms with Gasteiger partial charge < -0.3 is 9.80 Å². The molecule has 1 aromatic rings. The van der Waals surface area contributed by atoms with Crippen molar-refractivity contribution >= 4 is 37.5 Å². The zero-order valence-electron chi connectivity index (χ0n) is 10.3. The number of rotatable bonds is 3. The predicted molar refractivity (Wildman–Crippen MR) is 81.1 cm³/mol. The summed E-state index contributed by atoms with van der Waals surface area (Å²) in [5, 5.41) is 0.909. The Morgan fingerprint density at radius 2 is 2.18 bits per heavy atom. The Bertz CT molecular complexity index is 393. The number of hydrogen-bond donors (Lipinski definition) is 0. The van der Waals surface area contributed by atoms with Crippen molar-refractivity contribution < 1.29 is 0 Å². The van der Waals surface area contributed by atoms with Gasteiger partial charge in [-0.1, -0.05) is 22.0 Å². The summed E-state index contributed by atoms with van der Waals surface area (Å²) in [6.45, 7) is 2.27. The molecule has 94 valence electrons. The molecule has 0 aliphatic carbocycles. The molecule has 0 spiro atoms. The minimum Gasteiger partial charge on any atom is -0.369 e. The van der Waals surface area contributed by atoms with Crippen molar-refractivity contribution in [2.45, 2.75) is 17.8 Å². The molecule has 0 aromatic heterocycles. The van der Waals surface area contributed by atoms with Crippen LogP contribution in [0.2, 0.25) is 0 Å². The molecule has 2 nitrogen and oxygen atoms in total. The summed E-state index contributed by atoms with van der Waals surface area (Å²) in [5.74, 6) is 0. The summed E-state index contributed by atoms with van der Waals surface area (Å²) in [5.41, 5.74) is 2.63. The molecule has 1 aromatic carbocycles. The molecule has 1 aliphatic rings. The fourth-order valence-electron chi connectivity index (χ4n) is 2.27. The first-order chi connectivity index (χ1) is 8.11. The molecule has 0 bridgehead atoms. The van der Waals surface area contributed by atoms with Crippen LogP contribution in [0.1, 0.15) is 12.0 Å². The molecule has 1 aliphatic heterocycles. The second kappa shape index (κ2) is 5.72. The third-order valence-corrected chi connectivity index (χ3v) is 4.68. The highest BCUT2D eigenvalue weighted by Gasteiger charge is 2.25. The smallest absolute Gasteiger partial charge is 0.0511 e. The average molecular weight is 362 g/mol. The van der Waals surface area contributed by atoms with E-state index in [1.165, 1.54) is 22.1 Å². The third-order valence-electron chi connectivity index (χ3n) is 3.40. The maximum Gasteiger partial charge on any atom is 0.0511 e. The molecule has 1 heterocycles. The highest BCUT2D eigenvalue weighted by Crippen LogP contribution is 2.31. The van der Waals surface area contributed by atoms with Gasteiger partial charge in [0.1, 0.15) is 0 Å². The Morgan fingerprint density at radius 1 is 1.41 bits per heavy atom. The second-order valence-electron chi connectivity index (χ2n) is 4.77. The van der Waals surface area contributed by atoms with Gasteiger partial charge in [-0.05, 0) is 54.1 Å². The number of halogens is 2. The number of benzene rings is 1. The van der Waals surface area contributed by atoms with Crippen LogP contribution in [0, 0.1) is 0 Å². The first-order valence-corrected chi connectivity index (χ1v) is 7.79. The van der Waals surface area contributed by atoms with Crippen LogP contribution in [0.5, 0.6) is 0 Å². The molecule has 1 unspecified atom stereocenters. The maximum absolute atomic E-state index is 3.68. The average Bonchev–Trinajstić information content (AvgIpc) is 2.78. The first kappa shape index (κ1) is 13.4. The van der Waals surface area contributed by atoms with Crippen LogP contribution in [-0.2, 0) is 5.33 Å². The minimum atomic E-state index is 0.678. The van der Waals surface area contributed by atoms with Crippen molar-refractivity contribution in [3.05, 3.63) is 28.2 Å². The molecule has 0 N–H and O–H groups in total. The topological polar surface area (TPSA) is 6.48 Å². The van der Waals surface area contributed by atoms with Crippen LogP contribution in [0.25, 0.3) is 0 Å². The highest BCUT2D eigenvalue weighted by atomic mass is 79.9. The third kappa shape index (κ3) is 3.04. The SMILES string of the molecule is CN(C)C1CCN(c2ccc(CBr)cc2Br)C1. The van der Waals surface area contributed by atoms with Crippen LogP contribution >= 0.6 is 31.9 Å². The lowest BCUT2D eigenvalue weighted by Crippen LogP contribution is -2.31. The van der Waals surface area contributed by atoms with Crippen molar-refractivity contribution in [2.75, 3.05) is 32.1 Å². The van der Waals surface area contributed by atoms with E-state index < -0.39 is 0 Å². The number of alkyl halides is 1. The van der Waals surface area contributed by atoms with Gasteiger partial charge in [-0.15, -0.1) is 0 Å². The van der Waals surface area contributed by atoms with Crippen molar-refractivity contribution in [1.29, 1.82) is 0 Å². The van der Waals surface area contributed by atoms with Gasteiger partial charge in [0.05, 0.1) is 5.69 Å². The standard InChI is InChI=1S/C13H18Br2N2/c1-16(2)11-5-6-17(9-11)13-4-3-10(8-14)7-12(13)15/h3-4,7,11H,5-6,8-9H2,1-2H3. The van der Waals surface area contributed by atoms with Gasteiger partial charge in [0.2, 0.25) is 0 Å². The Balaban J connectivity index is 2.13. The monoisotopic (exact) mass is 360 g/mol. The van der Waals surface area contributed by atoms with Gasteiger partial charge in [0, 0.05) is 28.9 Å². The molecular weight excluding hydrogens is 344 g/mol. The van der Waals surface area contributed by atoms with Crippen molar-refractivity contribution in [2.24, 2.45) is 0 Å². The molecule has 0 saturated carbocycles. The molecule has 4 heteroatoms. The molecule has 17 heavy (non-hydrogen) atoms. The van der Waals surface area contributed by atoms with E-state index in [4.69, 9.17) is 0 Å². The summed E-state index contributed by atoms with van der Waals surface area (Å²) >= 11 is 7.17. The van der Waals surface area contributed by atoms with E-state index in [-0.39, 0.29) is 0 Å². The van der Waals surface area contributed by atoms with Crippen LogP contribution in [0.4, 0.5) is 5.69 Å². The van der Waals surface area contributed by atoms with E-state index in [0.29, 0.717) is 6.04 Å². The highest BCUT2D eigenvalue weighted by molar-refractivity contribution is 9.10. The van der Waals surface area contributed by atoms with Gasteiger partial charge in [0.25, 0.3) is 0 Å². The van der Waals surface area contributed by atoms with Crippen LogP contribution in [0.3, 0.4) is 0 Å². The number of likely N-dealkylation sites (N-methyl/N-ethyl adjacent to an activating group) is 1. The van der Waals surface area contributed by atoms with Crippen LogP contribution in [0.15, 0.2) is 22.7 Å². The lowest BCUT2D eigenvalue weighted by molar-refractivity contribution is 0.315. The second-order valence-corrected chi connectivity index (χ2v) is 6.19. The van der Waals surface area contributed by atoms with E-state index in [1.807, 2.05) is 0 Å². The summed E-state index contributed by atoms with van der Waals surface area (Å²) in [7, 11) is 4.33. The fourth-order valence-corrected chi connectivity index (χ4v) is 3.30. The molecule has 1 saturated heterocycles. The van der Waals surface area contributed by atoms with Crippen molar-refractivity contribution in [3.63, 3.8) is 0 Å². The van der Waals surface area contributed by atoms with E-state index in [2.05, 4.69) is 74.0 Å². The maximum atomic E-state index is 3.68. The lowest BCUT2D eigenvalue weighted by Gasteiger charge is -2.23. The number of nitrogens with zero attached hydrogens (tertiary/aromatic N) is 2. The minimum absolute atomic E-state index is 0.678. The summed E-state index contributed by atoms with van der Waals surface area (Å²) in [4.78, 5) is 4.79. The number of anilines is 1. The predicted octanol–water partition coefficient (Wildman–Crippen LogP) is 3.48. The van der Waals surface area contributed by atoms with Gasteiger partial charge in [-0.25, -0.2) is 0 Å². The molecule has 1 atom stereocenters. The van der Waals surface area contributed by atoms with Gasteiger partial charge >= 0.3 is 0 Å². The Hall–Kier alpha value is -0.0600. The lowest BCUT2D eigenvalue weighted by atomic mass is 10.2. The van der Waals surface area contributed by atoms with Gasteiger partial charge in [-0.2, -0.15) is 0 Å². The summed E-state index contributed by atoms with van der Waals surface area (Å²) in [6.07, 6.45) is 1.25. The Morgan fingerprint density at radius 3 is 2.71 bits per heavy atom. The van der Waals surface area contributed by atoms with Gasteiger partial charge in [0.15, 0.2) is 0 Å². The Kier molecular flexibility index (Phi) is 4.50.